The van der Waals surface area contributed by atoms with Gasteiger partial charge in [-0.1, -0.05) is 66.4 Å². The zero-order valence-electron chi connectivity index (χ0n) is 13.8. The number of thioether (sulfide) groups is 1. The first-order valence-corrected chi connectivity index (χ1v) is 9.85. The molecule has 3 nitrogen and oxygen atoms in total. The quantitative estimate of drug-likeness (QED) is 0.598. The number of imide groups is 1. The van der Waals surface area contributed by atoms with Gasteiger partial charge in [0, 0.05) is 9.77 Å². The fourth-order valence-electron chi connectivity index (χ4n) is 2.80. The number of nitrogens with zero attached hydrogens (tertiary/aromatic N) is 1. The van der Waals surface area contributed by atoms with Gasteiger partial charge in [-0.05, 0) is 29.1 Å². The first kappa shape index (κ1) is 16.8. The van der Waals surface area contributed by atoms with Gasteiger partial charge >= 0.3 is 0 Å². The molecule has 3 aromatic rings. The maximum atomic E-state index is 13.1. The van der Waals surface area contributed by atoms with Gasteiger partial charge in [-0.25, -0.2) is 0 Å². The molecule has 2 heterocycles. The molecule has 1 aliphatic rings. The zero-order valence-corrected chi connectivity index (χ0v) is 15.4. The van der Waals surface area contributed by atoms with Crippen LogP contribution in [0.4, 0.5) is 0 Å². The molecular weight excluding hydrogens is 362 g/mol. The van der Waals surface area contributed by atoms with Crippen molar-refractivity contribution in [1.82, 2.24) is 4.90 Å². The number of amides is 2. The first-order chi connectivity index (χ1) is 12.7. The molecule has 1 aromatic heterocycles. The minimum atomic E-state index is -0.226. The normalized spacial score (nSPS) is 14.4. The van der Waals surface area contributed by atoms with Crippen LogP contribution in [-0.2, 0) is 16.1 Å². The molecule has 0 bridgehead atoms. The summed E-state index contributed by atoms with van der Waals surface area (Å²) in [5, 5.41) is 1.92. The molecule has 5 heteroatoms. The van der Waals surface area contributed by atoms with Crippen molar-refractivity contribution in [2.75, 3.05) is 0 Å². The highest BCUT2D eigenvalue weighted by Gasteiger charge is 2.39. The smallest absolute Gasteiger partial charge is 0.268 e. The number of hydrogen-bond acceptors (Lipinski definition) is 4. The molecule has 2 aromatic carbocycles. The van der Waals surface area contributed by atoms with Crippen LogP contribution in [-0.4, -0.2) is 16.7 Å². The van der Waals surface area contributed by atoms with E-state index in [1.807, 2.05) is 78.2 Å². The van der Waals surface area contributed by atoms with Gasteiger partial charge < -0.3 is 0 Å². The molecule has 0 N–H and O–H groups in total. The third-order valence-electron chi connectivity index (χ3n) is 4.04. The fourth-order valence-corrected chi connectivity index (χ4v) is 4.66. The molecule has 0 unspecified atom stereocenters. The molecule has 1 aliphatic heterocycles. The molecule has 0 aliphatic carbocycles. The fraction of sp³-hybridized carbons (Fsp3) is 0.0476. The molecule has 0 atom stereocenters. The molecule has 0 spiro atoms. The SMILES string of the molecule is O=C1C(Sc2ccccc2)=C(c2cccs2)C(=O)N1Cc1ccccc1. The number of hydrogen-bond donors (Lipinski definition) is 0. The lowest BCUT2D eigenvalue weighted by Gasteiger charge is -2.15. The number of rotatable bonds is 5. The maximum Gasteiger partial charge on any atom is 0.268 e. The van der Waals surface area contributed by atoms with E-state index in [9.17, 15) is 9.59 Å². The van der Waals surface area contributed by atoms with E-state index in [0.29, 0.717) is 10.5 Å². The minimum absolute atomic E-state index is 0.222. The van der Waals surface area contributed by atoms with Gasteiger partial charge in [-0.2, -0.15) is 0 Å². The van der Waals surface area contributed by atoms with Crippen LogP contribution < -0.4 is 0 Å². The van der Waals surface area contributed by atoms with Crippen molar-refractivity contribution in [3.8, 4) is 0 Å². The topological polar surface area (TPSA) is 37.4 Å². The largest absolute Gasteiger partial charge is 0.269 e. The molecule has 0 radical (unpaired) electrons. The number of carbonyl (C=O) groups excluding carboxylic acids is 2. The van der Waals surface area contributed by atoms with Gasteiger partial charge in [0.1, 0.15) is 0 Å². The van der Waals surface area contributed by atoms with E-state index < -0.39 is 0 Å². The van der Waals surface area contributed by atoms with Gasteiger partial charge in [0.25, 0.3) is 11.8 Å². The summed E-state index contributed by atoms with van der Waals surface area (Å²) in [5.74, 6) is -0.448. The highest BCUT2D eigenvalue weighted by Crippen LogP contribution is 2.41. The highest BCUT2D eigenvalue weighted by atomic mass is 32.2. The van der Waals surface area contributed by atoms with Crippen LogP contribution in [0.25, 0.3) is 5.57 Å². The second-order valence-electron chi connectivity index (χ2n) is 5.78. The summed E-state index contributed by atoms with van der Waals surface area (Å²) < 4.78 is 0. The van der Waals surface area contributed by atoms with Crippen LogP contribution in [0.3, 0.4) is 0 Å². The lowest BCUT2D eigenvalue weighted by Crippen LogP contribution is -2.30. The number of carbonyl (C=O) groups is 2. The van der Waals surface area contributed by atoms with Crippen LogP contribution >= 0.6 is 23.1 Å². The summed E-state index contributed by atoms with van der Waals surface area (Å²) in [6.07, 6.45) is 0. The van der Waals surface area contributed by atoms with E-state index in [2.05, 4.69) is 0 Å². The molecule has 2 amide bonds. The Balaban J connectivity index is 1.71. The molecule has 128 valence electrons. The van der Waals surface area contributed by atoms with E-state index in [1.54, 1.807) is 0 Å². The third kappa shape index (κ3) is 3.23. The Labute approximate surface area is 160 Å². The van der Waals surface area contributed by atoms with Crippen molar-refractivity contribution >= 4 is 40.5 Å². The van der Waals surface area contributed by atoms with E-state index >= 15 is 0 Å². The predicted molar refractivity (Wildman–Crippen MR) is 106 cm³/mol. The van der Waals surface area contributed by atoms with Crippen LogP contribution in [0.2, 0.25) is 0 Å². The molecule has 4 rings (SSSR count). The van der Waals surface area contributed by atoms with Gasteiger partial charge in [-0.3, -0.25) is 14.5 Å². The second-order valence-corrected chi connectivity index (χ2v) is 7.81. The van der Waals surface area contributed by atoms with Gasteiger partial charge in [0.05, 0.1) is 17.0 Å². The first-order valence-electron chi connectivity index (χ1n) is 8.15. The van der Waals surface area contributed by atoms with Crippen molar-refractivity contribution in [2.24, 2.45) is 0 Å². The van der Waals surface area contributed by atoms with Crippen molar-refractivity contribution in [3.63, 3.8) is 0 Å². The van der Waals surface area contributed by atoms with E-state index in [-0.39, 0.29) is 18.4 Å². The van der Waals surface area contributed by atoms with E-state index in [0.717, 1.165) is 15.3 Å². The van der Waals surface area contributed by atoms with Crippen molar-refractivity contribution < 1.29 is 9.59 Å². The molecular formula is C21H15NO2S2. The summed E-state index contributed by atoms with van der Waals surface area (Å²) >= 11 is 2.84. The Kier molecular flexibility index (Phi) is 4.73. The number of thiophene rings is 1. The highest BCUT2D eigenvalue weighted by molar-refractivity contribution is 8.04. The summed E-state index contributed by atoms with van der Waals surface area (Å²) in [4.78, 5) is 29.7. The Morgan fingerprint density at radius 1 is 0.808 bits per heavy atom. The third-order valence-corrected chi connectivity index (χ3v) is 6.02. The average Bonchev–Trinajstić information content (AvgIpc) is 3.27. The predicted octanol–water partition coefficient (Wildman–Crippen LogP) is 4.82. The molecule has 26 heavy (non-hydrogen) atoms. The van der Waals surface area contributed by atoms with Crippen molar-refractivity contribution in [2.45, 2.75) is 11.4 Å². The monoisotopic (exact) mass is 377 g/mol. The average molecular weight is 377 g/mol. The Bertz CT molecular complexity index is 964. The molecule has 0 fully saturated rings. The van der Waals surface area contributed by atoms with Crippen molar-refractivity contribution in [3.05, 3.63) is 93.5 Å². The lowest BCUT2D eigenvalue weighted by molar-refractivity contribution is -0.137. The van der Waals surface area contributed by atoms with Gasteiger partial charge in [0.2, 0.25) is 0 Å². The Hall–Kier alpha value is -2.63. The zero-order chi connectivity index (χ0) is 17.9. The summed E-state index contributed by atoms with van der Waals surface area (Å²) in [5.41, 5.74) is 1.44. The van der Waals surface area contributed by atoms with Crippen LogP contribution in [0.1, 0.15) is 10.4 Å². The second kappa shape index (κ2) is 7.32. The number of benzene rings is 2. The standard InChI is InChI=1S/C21H15NO2S2/c23-20-18(17-12-7-13-25-17)19(26-16-10-5-2-6-11-16)21(24)22(20)14-15-8-3-1-4-9-15/h1-13H,14H2. The van der Waals surface area contributed by atoms with Crippen LogP contribution in [0, 0.1) is 0 Å². The summed E-state index contributed by atoms with van der Waals surface area (Å²) in [7, 11) is 0. The maximum absolute atomic E-state index is 13.1. The van der Waals surface area contributed by atoms with E-state index in [1.165, 1.54) is 28.0 Å². The van der Waals surface area contributed by atoms with E-state index in [4.69, 9.17) is 0 Å². The van der Waals surface area contributed by atoms with Crippen molar-refractivity contribution in [1.29, 1.82) is 0 Å². The molecule has 0 saturated heterocycles. The Morgan fingerprint density at radius 3 is 2.15 bits per heavy atom. The summed E-state index contributed by atoms with van der Waals surface area (Å²) in [6.45, 7) is 0.284. The summed E-state index contributed by atoms with van der Waals surface area (Å²) in [6, 6.07) is 23.1. The lowest BCUT2D eigenvalue weighted by atomic mass is 10.2. The molecule has 0 saturated carbocycles. The van der Waals surface area contributed by atoms with Crippen LogP contribution in [0.5, 0.6) is 0 Å². The van der Waals surface area contributed by atoms with Crippen LogP contribution in [0.15, 0.2) is 88.0 Å². The Morgan fingerprint density at radius 2 is 1.50 bits per heavy atom. The minimum Gasteiger partial charge on any atom is -0.269 e. The van der Waals surface area contributed by atoms with Gasteiger partial charge in [-0.15, -0.1) is 11.3 Å². The van der Waals surface area contributed by atoms with Gasteiger partial charge in [0.15, 0.2) is 0 Å².